The summed E-state index contributed by atoms with van der Waals surface area (Å²) in [6.07, 6.45) is 0. The van der Waals surface area contributed by atoms with Gasteiger partial charge in [0.1, 0.15) is 18.1 Å². The molecule has 2 rings (SSSR count). The summed E-state index contributed by atoms with van der Waals surface area (Å²) >= 11 is 5.88. The summed E-state index contributed by atoms with van der Waals surface area (Å²) < 4.78 is 5.57. The Morgan fingerprint density at radius 3 is 2.74 bits per heavy atom. The van der Waals surface area contributed by atoms with E-state index in [9.17, 15) is 9.90 Å². The van der Waals surface area contributed by atoms with E-state index in [1.807, 2.05) is 18.2 Å². The molecule has 0 aromatic heterocycles. The zero-order chi connectivity index (χ0) is 13.8. The Bertz CT molecular complexity index is 608. The van der Waals surface area contributed by atoms with Crippen molar-refractivity contribution in [3.63, 3.8) is 0 Å². The first-order valence-electron chi connectivity index (χ1n) is 5.77. The average Bonchev–Trinajstić information content (AvgIpc) is 2.37. The highest BCUT2D eigenvalue weighted by Crippen LogP contribution is 2.24. The summed E-state index contributed by atoms with van der Waals surface area (Å²) in [6, 6.07) is 11.9. The minimum atomic E-state index is -0.203. The van der Waals surface area contributed by atoms with Crippen molar-refractivity contribution in [1.82, 2.24) is 0 Å². The molecule has 2 aromatic rings. The van der Waals surface area contributed by atoms with Gasteiger partial charge in [0.2, 0.25) is 0 Å². The van der Waals surface area contributed by atoms with E-state index in [1.165, 1.54) is 19.1 Å². The summed E-state index contributed by atoms with van der Waals surface area (Å²) in [5, 5.41) is 10.2. The van der Waals surface area contributed by atoms with Gasteiger partial charge in [-0.25, -0.2) is 0 Å². The molecule has 0 unspecified atom stereocenters. The van der Waals surface area contributed by atoms with Crippen molar-refractivity contribution in [2.24, 2.45) is 0 Å². The summed E-state index contributed by atoms with van der Waals surface area (Å²) in [6.45, 7) is 1.75. The van der Waals surface area contributed by atoms with Gasteiger partial charge in [-0.2, -0.15) is 0 Å². The molecular formula is C15H13ClO3. The molecule has 0 amide bonds. The van der Waals surface area contributed by atoms with Gasteiger partial charge < -0.3 is 9.84 Å². The molecule has 1 N–H and O–H groups in total. The molecular weight excluding hydrogens is 264 g/mol. The lowest BCUT2D eigenvalue weighted by molar-refractivity contribution is 0.101. The number of phenolic OH excluding ortho intramolecular Hbond substituents is 1. The minimum absolute atomic E-state index is 0.0393. The largest absolute Gasteiger partial charge is 0.507 e. The molecule has 0 fully saturated rings. The molecule has 2 aromatic carbocycles. The Labute approximate surface area is 116 Å². The fourth-order valence-electron chi connectivity index (χ4n) is 1.68. The van der Waals surface area contributed by atoms with E-state index >= 15 is 0 Å². The van der Waals surface area contributed by atoms with Crippen LogP contribution in [0.4, 0.5) is 0 Å². The van der Waals surface area contributed by atoms with Gasteiger partial charge in [-0.3, -0.25) is 4.79 Å². The second-order valence-corrected chi connectivity index (χ2v) is 4.59. The number of carbonyl (C=O) groups excluding carboxylic acids is 1. The van der Waals surface area contributed by atoms with Crippen LogP contribution in [-0.4, -0.2) is 10.9 Å². The van der Waals surface area contributed by atoms with Crippen molar-refractivity contribution in [3.05, 3.63) is 58.6 Å². The topological polar surface area (TPSA) is 46.5 Å². The van der Waals surface area contributed by atoms with Crippen LogP contribution < -0.4 is 4.74 Å². The van der Waals surface area contributed by atoms with Crippen molar-refractivity contribution < 1.29 is 14.6 Å². The number of hydrogen-bond acceptors (Lipinski definition) is 3. The first kappa shape index (κ1) is 13.4. The van der Waals surface area contributed by atoms with Crippen LogP contribution in [0.1, 0.15) is 22.8 Å². The SMILES string of the molecule is CC(=O)c1cc(OCc2cccc(Cl)c2)ccc1O. The predicted octanol–water partition coefficient (Wildman–Crippen LogP) is 3.83. The zero-order valence-corrected chi connectivity index (χ0v) is 11.1. The van der Waals surface area contributed by atoms with Gasteiger partial charge in [0.05, 0.1) is 5.56 Å². The number of ketones is 1. The molecule has 0 bridgehead atoms. The van der Waals surface area contributed by atoms with Gasteiger partial charge in [0.15, 0.2) is 5.78 Å². The monoisotopic (exact) mass is 276 g/mol. The number of hydrogen-bond donors (Lipinski definition) is 1. The van der Waals surface area contributed by atoms with Crippen LogP contribution >= 0.6 is 11.6 Å². The second-order valence-electron chi connectivity index (χ2n) is 4.15. The Morgan fingerprint density at radius 2 is 2.05 bits per heavy atom. The number of halogens is 1. The highest BCUT2D eigenvalue weighted by atomic mass is 35.5. The van der Waals surface area contributed by atoms with Crippen molar-refractivity contribution in [3.8, 4) is 11.5 Å². The van der Waals surface area contributed by atoms with E-state index in [-0.39, 0.29) is 17.1 Å². The second kappa shape index (κ2) is 5.76. The molecule has 4 heteroatoms. The third kappa shape index (κ3) is 3.48. The number of benzene rings is 2. The Morgan fingerprint density at radius 1 is 1.26 bits per heavy atom. The van der Waals surface area contributed by atoms with Crippen LogP contribution in [-0.2, 0) is 6.61 Å². The van der Waals surface area contributed by atoms with Crippen molar-refractivity contribution in [2.75, 3.05) is 0 Å². The van der Waals surface area contributed by atoms with E-state index in [0.29, 0.717) is 17.4 Å². The molecule has 0 aliphatic heterocycles. The zero-order valence-electron chi connectivity index (χ0n) is 10.4. The predicted molar refractivity (Wildman–Crippen MR) is 73.9 cm³/mol. The van der Waals surface area contributed by atoms with E-state index in [1.54, 1.807) is 12.1 Å². The molecule has 0 aliphatic carbocycles. The summed E-state index contributed by atoms with van der Waals surface area (Å²) in [5.74, 6) is 0.288. The Hall–Kier alpha value is -2.00. The van der Waals surface area contributed by atoms with Crippen LogP contribution in [0.15, 0.2) is 42.5 Å². The maximum atomic E-state index is 11.3. The fourth-order valence-corrected chi connectivity index (χ4v) is 1.89. The van der Waals surface area contributed by atoms with E-state index in [0.717, 1.165) is 5.56 Å². The van der Waals surface area contributed by atoms with E-state index < -0.39 is 0 Å². The molecule has 0 heterocycles. The van der Waals surface area contributed by atoms with E-state index in [4.69, 9.17) is 16.3 Å². The number of ether oxygens (including phenoxy) is 1. The summed E-state index contributed by atoms with van der Waals surface area (Å²) in [7, 11) is 0. The average molecular weight is 277 g/mol. The van der Waals surface area contributed by atoms with Gasteiger partial charge >= 0.3 is 0 Å². The van der Waals surface area contributed by atoms with Gasteiger partial charge in [-0.05, 0) is 42.8 Å². The van der Waals surface area contributed by atoms with Crippen molar-refractivity contribution in [2.45, 2.75) is 13.5 Å². The lowest BCUT2D eigenvalue weighted by atomic mass is 10.1. The number of Topliss-reactive ketones (excluding diaryl/α,β-unsaturated/α-hetero) is 1. The highest BCUT2D eigenvalue weighted by molar-refractivity contribution is 6.30. The van der Waals surface area contributed by atoms with Crippen LogP contribution in [0.5, 0.6) is 11.5 Å². The number of phenols is 1. The summed E-state index contributed by atoms with van der Waals surface area (Å²) in [4.78, 5) is 11.3. The molecule has 0 radical (unpaired) electrons. The van der Waals surface area contributed by atoms with Gasteiger partial charge in [-0.1, -0.05) is 23.7 Å². The molecule has 0 saturated carbocycles. The van der Waals surface area contributed by atoms with Gasteiger partial charge in [0.25, 0.3) is 0 Å². The lowest BCUT2D eigenvalue weighted by Crippen LogP contribution is -1.98. The first-order chi connectivity index (χ1) is 9.06. The third-order valence-corrected chi connectivity index (χ3v) is 2.88. The summed E-state index contributed by atoms with van der Waals surface area (Å²) in [5.41, 5.74) is 1.19. The highest BCUT2D eigenvalue weighted by Gasteiger charge is 2.08. The van der Waals surface area contributed by atoms with Crippen molar-refractivity contribution in [1.29, 1.82) is 0 Å². The third-order valence-electron chi connectivity index (χ3n) is 2.64. The standard InChI is InChI=1S/C15H13ClO3/c1-10(17)14-8-13(5-6-15(14)18)19-9-11-3-2-4-12(16)7-11/h2-8,18H,9H2,1H3. The Balaban J connectivity index is 2.12. The van der Waals surface area contributed by atoms with Crippen LogP contribution in [0.25, 0.3) is 0 Å². The van der Waals surface area contributed by atoms with Gasteiger partial charge in [0, 0.05) is 5.02 Å². The molecule has 98 valence electrons. The van der Waals surface area contributed by atoms with Crippen LogP contribution in [0.3, 0.4) is 0 Å². The number of carbonyl (C=O) groups is 1. The maximum absolute atomic E-state index is 11.3. The van der Waals surface area contributed by atoms with Crippen molar-refractivity contribution >= 4 is 17.4 Å². The fraction of sp³-hybridized carbons (Fsp3) is 0.133. The van der Waals surface area contributed by atoms with E-state index in [2.05, 4.69) is 0 Å². The lowest BCUT2D eigenvalue weighted by Gasteiger charge is -2.08. The number of aromatic hydroxyl groups is 1. The molecule has 0 aliphatic rings. The quantitative estimate of drug-likeness (QED) is 0.864. The number of rotatable bonds is 4. The normalized spacial score (nSPS) is 10.2. The molecule has 0 atom stereocenters. The molecule has 0 saturated heterocycles. The van der Waals surface area contributed by atoms with Crippen LogP contribution in [0, 0.1) is 0 Å². The first-order valence-corrected chi connectivity index (χ1v) is 6.15. The smallest absolute Gasteiger partial charge is 0.163 e. The molecule has 0 spiro atoms. The molecule has 19 heavy (non-hydrogen) atoms. The van der Waals surface area contributed by atoms with Crippen LogP contribution in [0.2, 0.25) is 5.02 Å². The van der Waals surface area contributed by atoms with Gasteiger partial charge in [-0.15, -0.1) is 0 Å². The minimum Gasteiger partial charge on any atom is -0.507 e. The Kier molecular flexibility index (Phi) is 4.07. The maximum Gasteiger partial charge on any atom is 0.163 e. The molecule has 3 nitrogen and oxygen atoms in total.